The number of nitrogens with one attached hydrogen (secondary N) is 1. The molecule has 0 bridgehead atoms. The van der Waals surface area contributed by atoms with Gasteiger partial charge in [0.05, 0.1) is 0 Å². The second-order valence-electron chi connectivity index (χ2n) is 7.44. The molecule has 0 heterocycles. The highest BCUT2D eigenvalue weighted by Crippen LogP contribution is 2.26. The predicted octanol–water partition coefficient (Wildman–Crippen LogP) is 3.52. The first-order valence-corrected chi connectivity index (χ1v) is 7.75. The lowest BCUT2D eigenvalue weighted by Crippen LogP contribution is -2.45. The molecule has 2 unspecified atom stereocenters. The quantitative estimate of drug-likeness (QED) is 0.780. The van der Waals surface area contributed by atoms with Gasteiger partial charge in [-0.2, -0.15) is 0 Å². The molecule has 1 saturated carbocycles. The van der Waals surface area contributed by atoms with Gasteiger partial charge in [0.1, 0.15) is 0 Å². The average molecular weight is 254 g/mol. The summed E-state index contributed by atoms with van der Waals surface area (Å²) in [6, 6.07) is 0.667. The molecule has 1 rings (SSSR count). The Morgan fingerprint density at radius 3 is 2.22 bits per heavy atom. The van der Waals surface area contributed by atoms with E-state index in [0.29, 0.717) is 12.0 Å². The molecule has 1 aliphatic rings. The largest absolute Gasteiger partial charge is 0.312 e. The lowest BCUT2D eigenvalue weighted by Gasteiger charge is -2.33. The molecule has 0 aliphatic heterocycles. The third kappa shape index (κ3) is 5.71. The van der Waals surface area contributed by atoms with Crippen LogP contribution >= 0.6 is 0 Å². The standard InChI is InChI=1S/C16H34N2/c1-13(11-17-16(3,4)5)14(2)18(6)12-15-9-7-8-10-15/h13-15,17H,7-12H2,1-6H3. The Morgan fingerprint density at radius 1 is 1.17 bits per heavy atom. The van der Waals surface area contributed by atoms with E-state index in [2.05, 4.69) is 51.9 Å². The maximum atomic E-state index is 3.62. The Bertz CT molecular complexity index is 226. The predicted molar refractivity (Wildman–Crippen MR) is 81.0 cm³/mol. The number of nitrogens with zero attached hydrogens (tertiary/aromatic N) is 1. The summed E-state index contributed by atoms with van der Waals surface area (Å²) in [5, 5.41) is 3.62. The van der Waals surface area contributed by atoms with E-state index >= 15 is 0 Å². The minimum atomic E-state index is 0.234. The zero-order valence-electron chi connectivity index (χ0n) is 13.4. The van der Waals surface area contributed by atoms with Gasteiger partial charge in [-0.05, 0) is 66.0 Å². The van der Waals surface area contributed by atoms with E-state index in [1.165, 1.54) is 32.2 Å². The third-order valence-corrected chi connectivity index (χ3v) is 4.49. The van der Waals surface area contributed by atoms with Gasteiger partial charge in [-0.3, -0.25) is 0 Å². The summed E-state index contributed by atoms with van der Waals surface area (Å²) < 4.78 is 0. The van der Waals surface area contributed by atoms with Crippen LogP contribution in [-0.2, 0) is 0 Å². The van der Waals surface area contributed by atoms with E-state index in [-0.39, 0.29) is 5.54 Å². The highest BCUT2D eigenvalue weighted by molar-refractivity contribution is 4.79. The SMILES string of the molecule is CC(CNC(C)(C)C)C(C)N(C)CC1CCCC1. The van der Waals surface area contributed by atoms with Gasteiger partial charge in [-0.25, -0.2) is 0 Å². The second-order valence-corrected chi connectivity index (χ2v) is 7.44. The molecule has 0 amide bonds. The highest BCUT2D eigenvalue weighted by Gasteiger charge is 2.23. The summed E-state index contributed by atoms with van der Waals surface area (Å²) in [6.07, 6.45) is 5.80. The van der Waals surface area contributed by atoms with E-state index in [0.717, 1.165) is 12.5 Å². The highest BCUT2D eigenvalue weighted by atomic mass is 15.1. The van der Waals surface area contributed by atoms with Crippen molar-refractivity contribution < 1.29 is 0 Å². The summed E-state index contributed by atoms with van der Waals surface area (Å²) in [6.45, 7) is 13.9. The molecule has 1 N–H and O–H groups in total. The van der Waals surface area contributed by atoms with Crippen LogP contribution in [0.4, 0.5) is 0 Å². The zero-order chi connectivity index (χ0) is 13.8. The molecule has 0 spiro atoms. The number of hydrogen-bond acceptors (Lipinski definition) is 2. The molecule has 0 aromatic heterocycles. The first-order valence-electron chi connectivity index (χ1n) is 7.75. The zero-order valence-corrected chi connectivity index (χ0v) is 13.4. The van der Waals surface area contributed by atoms with Crippen molar-refractivity contribution in [2.45, 2.75) is 71.9 Å². The van der Waals surface area contributed by atoms with E-state index in [9.17, 15) is 0 Å². The van der Waals surface area contributed by atoms with E-state index in [1.807, 2.05) is 0 Å². The fraction of sp³-hybridized carbons (Fsp3) is 1.00. The van der Waals surface area contributed by atoms with Gasteiger partial charge in [-0.15, -0.1) is 0 Å². The smallest absolute Gasteiger partial charge is 0.0102 e. The molecule has 0 aromatic carbocycles. The normalized spacial score (nSPS) is 21.5. The Balaban J connectivity index is 2.30. The lowest BCUT2D eigenvalue weighted by atomic mass is 9.98. The third-order valence-electron chi connectivity index (χ3n) is 4.49. The van der Waals surface area contributed by atoms with Crippen LogP contribution in [0.25, 0.3) is 0 Å². The molecule has 2 atom stereocenters. The molecule has 2 nitrogen and oxygen atoms in total. The van der Waals surface area contributed by atoms with Crippen LogP contribution in [0.1, 0.15) is 60.3 Å². The number of hydrogen-bond donors (Lipinski definition) is 1. The van der Waals surface area contributed by atoms with Crippen molar-refractivity contribution in [1.29, 1.82) is 0 Å². The van der Waals surface area contributed by atoms with Crippen LogP contribution in [0.5, 0.6) is 0 Å². The van der Waals surface area contributed by atoms with Crippen molar-refractivity contribution in [1.82, 2.24) is 10.2 Å². The molecule has 0 aromatic rings. The Kier molecular flexibility index (Phi) is 6.13. The van der Waals surface area contributed by atoms with Crippen molar-refractivity contribution in [3.05, 3.63) is 0 Å². The molecule has 18 heavy (non-hydrogen) atoms. The summed E-state index contributed by atoms with van der Waals surface area (Å²) in [5.74, 6) is 1.66. The summed E-state index contributed by atoms with van der Waals surface area (Å²) in [7, 11) is 2.30. The van der Waals surface area contributed by atoms with Crippen LogP contribution in [0.15, 0.2) is 0 Å². The molecule has 0 radical (unpaired) electrons. The van der Waals surface area contributed by atoms with Gasteiger partial charge in [-0.1, -0.05) is 19.8 Å². The van der Waals surface area contributed by atoms with Gasteiger partial charge in [0, 0.05) is 18.1 Å². The Hall–Kier alpha value is -0.0800. The molecule has 1 aliphatic carbocycles. The van der Waals surface area contributed by atoms with Crippen LogP contribution in [0.2, 0.25) is 0 Å². The second kappa shape index (κ2) is 6.91. The molecule has 1 fully saturated rings. The lowest BCUT2D eigenvalue weighted by molar-refractivity contribution is 0.165. The van der Waals surface area contributed by atoms with E-state index in [1.54, 1.807) is 0 Å². The van der Waals surface area contributed by atoms with Gasteiger partial charge in [0.2, 0.25) is 0 Å². The Labute approximate surface area is 115 Å². The van der Waals surface area contributed by atoms with Crippen molar-refractivity contribution >= 4 is 0 Å². The van der Waals surface area contributed by atoms with Crippen LogP contribution in [0, 0.1) is 11.8 Å². The molecule has 108 valence electrons. The molecule has 0 saturated heterocycles. The maximum Gasteiger partial charge on any atom is 0.0102 e. The Morgan fingerprint density at radius 2 is 1.72 bits per heavy atom. The molecule has 2 heteroatoms. The fourth-order valence-corrected chi connectivity index (χ4v) is 2.84. The van der Waals surface area contributed by atoms with Crippen LogP contribution in [-0.4, -0.2) is 36.6 Å². The first-order chi connectivity index (χ1) is 8.29. The summed E-state index contributed by atoms with van der Waals surface area (Å²) >= 11 is 0. The van der Waals surface area contributed by atoms with Gasteiger partial charge in [0.25, 0.3) is 0 Å². The fourth-order valence-electron chi connectivity index (χ4n) is 2.84. The van der Waals surface area contributed by atoms with Crippen LogP contribution in [0.3, 0.4) is 0 Å². The van der Waals surface area contributed by atoms with Crippen molar-refractivity contribution in [3.63, 3.8) is 0 Å². The van der Waals surface area contributed by atoms with Crippen molar-refractivity contribution in [2.75, 3.05) is 20.1 Å². The van der Waals surface area contributed by atoms with Gasteiger partial charge in [0.15, 0.2) is 0 Å². The van der Waals surface area contributed by atoms with E-state index in [4.69, 9.17) is 0 Å². The van der Waals surface area contributed by atoms with Gasteiger partial charge < -0.3 is 10.2 Å². The summed E-state index contributed by atoms with van der Waals surface area (Å²) in [5.41, 5.74) is 0.234. The topological polar surface area (TPSA) is 15.3 Å². The van der Waals surface area contributed by atoms with Crippen molar-refractivity contribution in [3.8, 4) is 0 Å². The maximum absolute atomic E-state index is 3.62. The monoisotopic (exact) mass is 254 g/mol. The molecular weight excluding hydrogens is 220 g/mol. The van der Waals surface area contributed by atoms with Crippen LogP contribution < -0.4 is 5.32 Å². The number of rotatable bonds is 6. The van der Waals surface area contributed by atoms with Gasteiger partial charge >= 0.3 is 0 Å². The minimum Gasteiger partial charge on any atom is -0.312 e. The minimum absolute atomic E-state index is 0.234. The average Bonchev–Trinajstić information content (AvgIpc) is 2.76. The summed E-state index contributed by atoms with van der Waals surface area (Å²) in [4.78, 5) is 2.57. The first kappa shape index (κ1) is 16.0. The van der Waals surface area contributed by atoms with E-state index < -0.39 is 0 Å². The van der Waals surface area contributed by atoms with Crippen molar-refractivity contribution in [2.24, 2.45) is 11.8 Å². The molecular formula is C16H34N2.